The lowest BCUT2D eigenvalue weighted by molar-refractivity contribution is -0.122. The second-order valence-corrected chi connectivity index (χ2v) is 10.5. The van der Waals surface area contributed by atoms with Crippen molar-refractivity contribution in [3.63, 3.8) is 0 Å². The van der Waals surface area contributed by atoms with Crippen LogP contribution in [0.15, 0.2) is 48.5 Å². The predicted octanol–water partition coefficient (Wildman–Crippen LogP) is 6.36. The van der Waals surface area contributed by atoms with Crippen LogP contribution in [0.1, 0.15) is 58.3 Å². The fourth-order valence-corrected chi connectivity index (χ4v) is 5.75. The topological polar surface area (TPSA) is 93.7 Å². The standard InChI is InChI=1S/C28H29ClN2O5S/c1-4-35-28(34)24-20-14-9-16(2)15-23(20)37-27(24)31-26(33)18-10-12-19(13-11-18)36-17(3)25(32)30-22-8-6-5-7-21(22)29/h5-8,10-13,16-17H,4,9,14-15H2,1-3H3,(H,30,32)(H,31,33)/t16-,17-/m1/s1. The molecule has 0 radical (unpaired) electrons. The molecule has 7 nitrogen and oxygen atoms in total. The summed E-state index contributed by atoms with van der Waals surface area (Å²) in [6.45, 7) is 5.85. The van der Waals surface area contributed by atoms with E-state index in [2.05, 4.69) is 17.6 Å². The van der Waals surface area contributed by atoms with E-state index in [1.54, 1.807) is 62.4 Å². The summed E-state index contributed by atoms with van der Waals surface area (Å²) in [5.74, 6) is -0.124. The van der Waals surface area contributed by atoms with Crippen LogP contribution in [-0.4, -0.2) is 30.5 Å². The molecular weight excluding hydrogens is 512 g/mol. The van der Waals surface area contributed by atoms with Gasteiger partial charge in [0.15, 0.2) is 6.10 Å². The van der Waals surface area contributed by atoms with Gasteiger partial charge in [0.1, 0.15) is 10.8 Å². The minimum Gasteiger partial charge on any atom is -0.481 e. The zero-order valence-corrected chi connectivity index (χ0v) is 22.5. The van der Waals surface area contributed by atoms with Crippen LogP contribution in [0.25, 0.3) is 0 Å². The number of ether oxygens (including phenoxy) is 2. The predicted molar refractivity (Wildman–Crippen MR) is 146 cm³/mol. The molecule has 0 fully saturated rings. The molecule has 194 valence electrons. The lowest BCUT2D eigenvalue weighted by atomic mass is 9.88. The number of benzene rings is 2. The molecule has 2 atom stereocenters. The molecular formula is C28H29ClN2O5S. The van der Waals surface area contributed by atoms with Gasteiger partial charge in [0, 0.05) is 10.4 Å². The number of esters is 1. The Kier molecular flexibility index (Phi) is 8.51. The van der Waals surface area contributed by atoms with E-state index in [-0.39, 0.29) is 18.4 Å². The molecule has 3 aromatic rings. The number of nitrogens with one attached hydrogen (secondary N) is 2. The van der Waals surface area contributed by atoms with Gasteiger partial charge in [-0.3, -0.25) is 9.59 Å². The lowest BCUT2D eigenvalue weighted by Gasteiger charge is -2.18. The third kappa shape index (κ3) is 6.32. The van der Waals surface area contributed by atoms with Crippen LogP contribution in [0.4, 0.5) is 10.7 Å². The minimum atomic E-state index is -0.789. The summed E-state index contributed by atoms with van der Waals surface area (Å²) in [5.41, 5.74) is 2.36. The Labute approximate surface area is 225 Å². The zero-order chi connectivity index (χ0) is 26.5. The first kappa shape index (κ1) is 26.7. The Morgan fingerprint density at radius 3 is 2.54 bits per heavy atom. The van der Waals surface area contributed by atoms with Gasteiger partial charge in [-0.2, -0.15) is 0 Å². The number of carbonyl (C=O) groups is 3. The molecule has 1 aliphatic carbocycles. The molecule has 0 aliphatic heterocycles. The second kappa shape index (κ2) is 11.8. The molecule has 4 rings (SSSR count). The van der Waals surface area contributed by atoms with Gasteiger partial charge in [0.2, 0.25) is 0 Å². The minimum absolute atomic E-state index is 0.267. The summed E-state index contributed by atoms with van der Waals surface area (Å²) in [6.07, 6.45) is 1.89. The van der Waals surface area contributed by atoms with Crippen LogP contribution in [-0.2, 0) is 22.4 Å². The molecule has 0 spiro atoms. The molecule has 1 aromatic heterocycles. The van der Waals surface area contributed by atoms with Crippen LogP contribution in [0.2, 0.25) is 5.02 Å². The summed E-state index contributed by atoms with van der Waals surface area (Å²) in [5, 5.41) is 6.60. The smallest absolute Gasteiger partial charge is 0.341 e. The molecule has 0 bridgehead atoms. The van der Waals surface area contributed by atoms with E-state index >= 15 is 0 Å². The van der Waals surface area contributed by atoms with Gasteiger partial charge in [0.25, 0.3) is 11.8 Å². The normalized spacial score (nSPS) is 15.3. The van der Waals surface area contributed by atoms with E-state index in [1.165, 1.54) is 11.3 Å². The van der Waals surface area contributed by atoms with E-state index in [0.717, 1.165) is 29.7 Å². The van der Waals surface area contributed by atoms with Crippen LogP contribution in [0.3, 0.4) is 0 Å². The molecule has 1 aliphatic rings. The first-order valence-corrected chi connectivity index (χ1v) is 13.4. The monoisotopic (exact) mass is 540 g/mol. The fourth-order valence-electron chi connectivity index (χ4n) is 4.17. The average Bonchev–Trinajstić information content (AvgIpc) is 3.22. The first-order chi connectivity index (χ1) is 17.8. The third-order valence-electron chi connectivity index (χ3n) is 6.15. The van der Waals surface area contributed by atoms with Gasteiger partial charge < -0.3 is 20.1 Å². The molecule has 0 unspecified atom stereocenters. The molecule has 0 saturated heterocycles. The zero-order valence-electron chi connectivity index (χ0n) is 20.9. The molecule has 9 heteroatoms. The first-order valence-electron chi connectivity index (χ1n) is 12.2. The van der Waals surface area contributed by atoms with E-state index in [1.807, 2.05) is 0 Å². The summed E-state index contributed by atoms with van der Waals surface area (Å²) < 4.78 is 11.0. The lowest BCUT2D eigenvalue weighted by Crippen LogP contribution is -2.30. The summed E-state index contributed by atoms with van der Waals surface area (Å²) in [4.78, 5) is 39.4. The number of fused-ring (bicyclic) bond motifs is 1. The largest absolute Gasteiger partial charge is 0.481 e. The number of anilines is 2. The fraction of sp³-hybridized carbons (Fsp3) is 0.321. The van der Waals surface area contributed by atoms with Gasteiger partial charge >= 0.3 is 5.97 Å². The number of hydrogen-bond donors (Lipinski definition) is 2. The van der Waals surface area contributed by atoms with Crippen molar-refractivity contribution in [1.82, 2.24) is 0 Å². The van der Waals surface area contributed by atoms with Crippen LogP contribution in [0, 0.1) is 5.92 Å². The highest BCUT2D eigenvalue weighted by Gasteiger charge is 2.29. The van der Waals surface area contributed by atoms with E-state index in [0.29, 0.717) is 38.5 Å². The number of rotatable bonds is 8. The Hall–Kier alpha value is -3.36. The van der Waals surface area contributed by atoms with Crippen molar-refractivity contribution in [3.8, 4) is 5.75 Å². The summed E-state index contributed by atoms with van der Waals surface area (Å²) in [7, 11) is 0. The van der Waals surface area contributed by atoms with Gasteiger partial charge in [-0.25, -0.2) is 4.79 Å². The van der Waals surface area contributed by atoms with Crippen molar-refractivity contribution in [2.45, 2.75) is 46.1 Å². The average molecular weight is 541 g/mol. The highest BCUT2D eigenvalue weighted by molar-refractivity contribution is 7.17. The molecule has 1 heterocycles. The number of halogens is 1. The maximum atomic E-state index is 13.0. The van der Waals surface area contributed by atoms with E-state index in [4.69, 9.17) is 21.1 Å². The van der Waals surface area contributed by atoms with Crippen molar-refractivity contribution in [1.29, 1.82) is 0 Å². The van der Waals surface area contributed by atoms with Gasteiger partial charge in [0.05, 0.1) is 22.9 Å². The van der Waals surface area contributed by atoms with Crippen molar-refractivity contribution in [2.75, 3.05) is 17.2 Å². The van der Waals surface area contributed by atoms with E-state index < -0.39 is 12.1 Å². The third-order valence-corrected chi connectivity index (χ3v) is 7.65. The van der Waals surface area contributed by atoms with Gasteiger partial charge in [-0.1, -0.05) is 30.7 Å². The van der Waals surface area contributed by atoms with Gasteiger partial charge in [-0.15, -0.1) is 11.3 Å². The number of thiophene rings is 1. The molecule has 0 saturated carbocycles. The Morgan fingerprint density at radius 1 is 1.11 bits per heavy atom. The van der Waals surface area contributed by atoms with Gasteiger partial charge in [-0.05, 0) is 81.0 Å². The summed E-state index contributed by atoms with van der Waals surface area (Å²) >= 11 is 7.55. The number of carbonyl (C=O) groups excluding carboxylic acids is 3. The quantitative estimate of drug-likeness (QED) is 0.324. The highest BCUT2D eigenvalue weighted by atomic mass is 35.5. The van der Waals surface area contributed by atoms with Crippen molar-refractivity contribution < 1.29 is 23.9 Å². The maximum absolute atomic E-state index is 13.0. The SMILES string of the molecule is CCOC(=O)c1c(NC(=O)c2ccc(O[C@H](C)C(=O)Nc3ccccc3Cl)cc2)sc2c1CC[C@@H](C)C2. The van der Waals surface area contributed by atoms with Crippen LogP contribution >= 0.6 is 22.9 Å². The number of para-hydroxylation sites is 1. The number of hydrogen-bond acceptors (Lipinski definition) is 6. The van der Waals surface area contributed by atoms with Crippen molar-refractivity contribution in [3.05, 3.63) is 75.1 Å². The molecule has 2 aromatic carbocycles. The van der Waals surface area contributed by atoms with Crippen LogP contribution in [0.5, 0.6) is 5.75 Å². The Morgan fingerprint density at radius 2 is 1.84 bits per heavy atom. The van der Waals surface area contributed by atoms with Crippen molar-refractivity contribution in [2.24, 2.45) is 5.92 Å². The van der Waals surface area contributed by atoms with Crippen molar-refractivity contribution >= 4 is 51.4 Å². The number of amides is 2. The molecule has 2 amide bonds. The van der Waals surface area contributed by atoms with E-state index in [9.17, 15) is 14.4 Å². The summed E-state index contributed by atoms with van der Waals surface area (Å²) in [6, 6.07) is 13.4. The Balaban J connectivity index is 1.43. The highest BCUT2D eigenvalue weighted by Crippen LogP contribution is 2.40. The Bertz CT molecular complexity index is 1300. The molecule has 2 N–H and O–H groups in total. The maximum Gasteiger partial charge on any atom is 0.341 e. The molecule has 37 heavy (non-hydrogen) atoms. The second-order valence-electron chi connectivity index (χ2n) is 8.98. The van der Waals surface area contributed by atoms with Crippen LogP contribution < -0.4 is 15.4 Å².